The van der Waals surface area contributed by atoms with Gasteiger partial charge in [-0.3, -0.25) is 0 Å². The van der Waals surface area contributed by atoms with E-state index in [1.165, 1.54) is 19.3 Å². The van der Waals surface area contributed by atoms with E-state index < -0.39 is 0 Å². The van der Waals surface area contributed by atoms with Crippen LogP contribution < -0.4 is 0 Å². The fourth-order valence-corrected chi connectivity index (χ4v) is 2.33. The van der Waals surface area contributed by atoms with Crippen molar-refractivity contribution in [3.8, 4) is 0 Å². The molecule has 0 radical (unpaired) electrons. The van der Waals surface area contributed by atoms with Crippen molar-refractivity contribution in [1.82, 2.24) is 0 Å². The van der Waals surface area contributed by atoms with E-state index in [1.807, 2.05) is 0 Å². The van der Waals surface area contributed by atoms with Crippen LogP contribution in [0.1, 0.15) is 53.9 Å². The first kappa shape index (κ1) is 10.1. The Morgan fingerprint density at radius 2 is 1.50 bits per heavy atom. The van der Waals surface area contributed by atoms with Gasteiger partial charge in [0.25, 0.3) is 0 Å². The molecule has 3 atom stereocenters. The summed E-state index contributed by atoms with van der Waals surface area (Å²) in [6.45, 7) is 12.0. The van der Waals surface area contributed by atoms with Gasteiger partial charge in [-0.05, 0) is 36.0 Å². The molecule has 0 spiro atoms. The van der Waals surface area contributed by atoms with Crippen molar-refractivity contribution >= 4 is 0 Å². The second kappa shape index (κ2) is 3.40. The lowest BCUT2D eigenvalue weighted by Crippen LogP contribution is -2.29. The Morgan fingerprint density at radius 3 is 1.92 bits per heavy atom. The lowest BCUT2D eigenvalue weighted by Gasteiger charge is -2.39. The molecule has 1 aliphatic rings. The maximum atomic E-state index is 2.42. The zero-order valence-electron chi connectivity index (χ0n) is 9.35. The molecule has 0 heterocycles. The van der Waals surface area contributed by atoms with E-state index >= 15 is 0 Å². The molecular weight excluding hydrogens is 144 g/mol. The zero-order chi connectivity index (χ0) is 9.35. The molecule has 1 saturated carbocycles. The smallest absolute Gasteiger partial charge is 0.0354 e. The minimum Gasteiger partial charge on any atom is -0.0623 e. The third-order valence-electron chi connectivity index (χ3n) is 3.82. The van der Waals surface area contributed by atoms with Crippen LogP contribution in [0.15, 0.2) is 0 Å². The first-order valence-corrected chi connectivity index (χ1v) is 5.41. The highest BCUT2D eigenvalue weighted by Gasteiger charge is 2.31. The van der Waals surface area contributed by atoms with Crippen LogP contribution in [0.5, 0.6) is 0 Å². The van der Waals surface area contributed by atoms with Gasteiger partial charge in [-0.25, -0.2) is 0 Å². The van der Waals surface area contributed by atoms with E-state index in [9.17, 15) is 0 Å². The average molecular weight is 168 g/mol. The maximum Gasteiger partial charge on any atom is -0.0354 e. The molecule has 72 valence electrons. The maximum absolute atomic E-state index is 2.42. The van der Waals surface area contributed by atoms with Gasteiger partial charge in [0.15, 0.2) is 0 Å². The van der Waals surface area contributed by atoms with Gasteiger partial charge in [0.2, 0.25) is 0 Å². The lowest BCUT2D eigenvalue weighted by atomic mass is 9.66. The highest BCUT2D eigenvalue weighted by atomic mass is 14.4. The van der Waals surface area contributed by atoms with Crippen molar-refractivity contribution in [3.63, 3.8) is 0 Å². The topological polar surface area (TPSA) is 0 Å². The molecule has 0 aliphatic heterocycles. The predicted molar refractivity (Wildman–Crippen MR) is 55.1 cm³/mol. The number of hydrogen-bond donors (Lipinski definition) is 0. The Balaban J connectivity index is 2.51. The summed E-state index contributed by atoms with van der Waals surface area (Å²) in [5.74, 6) is 2.87. The van der Waals surface area contributed by atoms with Gasteiger partial charge in [0.05, 0.1) is 0 Å². The van der Waals surface area contributed by atoms with E-state index in [4.69, 9.17) is 0 Å². The summed E-state index contributed by atoms with van der Waals surface area (Å²) in [4.78, 5) is 0. The summed E-state index contributed by atoms with van der Waals surface area (Å²) in [6, 6.07) is 0. The van der Waals surface area contributed by atoms with Crippen LogP contribution in [0.4, 0.5) is 0 Å². The Morgan fingerprint density at radius 1 is 0.917 bits per heavy atom. The van der Waals surface area contributed by atoms with E-state index in [0.717, 1.165) is 17.8 Å². The van der Waals surface area contributed by atoms with Gasteiger partial charge in [-0.15, -0.1) is 0 Å². The van der Waals surface area contributed by atoms with E-state index in [2.05, 4.69) is 34.6 Å². The normalized spacial score (nSPS) is 38.2. The molecule has 0 aromatic heterocycles. The van der Waals surface area contributed by atoms with E-state index in [-0.39, 0.29) is 0 Å². The first-order chi connectivity index (χ1) is 5.41. The Hall–Kier alpha value is 0. The standard InChI is InChI=1S/C12H24/c1-9-6-7-11(8-10(9)2)12(3,4)5/h9-11H,6-8H2,1-5H3/t9?,10-,11?/m0/s1. The monoisotopic (exact) mass is 168 g/mol. The van der Waals surface area contributed by atoms with Gasteiger partial charge >= 0.3 is 0 Å². The van der Waals surface area contributed by atoms with Crippen LogP contribution in [-0.4, -0.2) is 0 Å². The number of rotatable bonds is 0. The average Bonchev–Trinajstić information content (AvgIpc) is 1.92. The van der Waals surface area contributed by atoms with Crippen LogP contribution in [0.3, 0.4) is 0 Å². The summed E-state index contributed by atoms with van der Waals surface area (Å²) in [7, 11) is 0. The Bertz CT molecular complexity index is 141. The molecule has 0 N–H and O–H groups in total. The molecule has 1 aliphatic carbocycles. The molecule has 1 fully saturated rings. The fourth-order valence-electron chi connectivity index (χ4n) is 2.33. The third kappa shape index (κ3) is 2.24. The summed E-state index contributed by atoms with van der Waals surface area (Å²) in [5, 5.41) is 0. The molecule has 0 heteroatoms. The van der Waals surface area contributed by atoms with Crippen molar-refractivity contribution in [2.75, 3.05) is 0 Å². The third-order valence-corrected chi connectivity index (χ3v) is 3.82. The molecule has 0 amide bonds. The van der Waals surface area contributed by atoms with Crippen LogP contribution >= 0.6 is 0 Å². The summed E-state index contributed by atoms with van der Waals surface area (Å²) >= 11 is 0. The van der Waals surface area contributed by atoms with Crippen LogP contribution in [0.2, 0.25) is 0 Å². The minimum atomic E-state index is 0.536. The summed E-state index contributed by atoms with van der Waals surface area (Å²) in [6.07, 6.45) is 4.35. The molecule has 0 saturated heterocycles. The van der Waals surface area contributed by atoms with Crippen molar-refractivity contribution in [2.45, 2.75) is 53.9 Å². The Kier molecular flexibility index (Phi) is 2.85. The molecule has 0 aromatic carbocycles. The van der Waals surface area contributed by atoms with Crippen LogP contribution in [0.25, 0.3) is 0 Å². The van der Waals surface area contributed by atoms with Gasteiger partial charge in [0, 0.05) is 0 Å². The summed E-state index contributed by atoms with van der Waals surface area (Å²) < 4.78 is 0. The second-order valence-electron chi connectivity index (χ2n) is 5.83. The fraction of sp³-hybridized carbons (Fsp3) is 1.00. The molecule has 2 unspecified atom stereocenters. The molecule has 0 bridgehead atoms. The highest BCUT2D eigenvalue weighted by Crippen LogP contribution is 2.42. The van der Waals surface area contributed by atoms with Crippen LogP contribution in [-0.2, 0) is 0 Å². The second-order valence-corrected chi connectivity index (χ2v) is 5.83. The van der Waals surface area contributed by atoms with Gasteiger partial charge in [-0.2, -0.15) is 0 Å². The van der Waals surface area contributed by atoms with Crippen molar-refractivity contribution < 1.29 is 0 Å². The highest BCUT2D eigenvalue weighted by molar-refractivity contribution is 4.82. The van der Waals surface area contributed by atoms with Gasteiger partial charge < -0.3 is 0 Å². The lowest BCUT2D eigenvalue weighted by molar-refractivity contribution is 0.114. The first-order valence-electron chi connectivity index (χ1n) is 5.41. The Labute approximate surface area is 77.7 Å². The van der Waals surface area contributed by atoms with Crippen molar-refractivity contribution in [3.05, 3.63) is 0 Å². The number of hydrogen-bond acceptors (Lipinski definition) is 0. The van der Waals surface area contributed by atoms with Gasteiger partial charge in [0.1, 0.15) is 0 Å². The minimum absolute atomic E-state index is 0.536. The molecule has 0 nitrogen and oxygen atoms in total. The van der Waals surface area contributed by atoms with E-state index in [0.29, 0.717) is 5.41 Å². The molecule has 1 rings (SSSR count). The predicted octanol–water partition coefficient (Wildman–Crippen LogP) is 4.10. The van der Waals surface area contributed by atoms with E-state index in [1.54, 1.807) is 0 Å². The molecule has 0 aromatic rings. The van der Waals surface area contributed by atoms with Gasteiger partial charge in [-0.1, -0.05) is 41.0 Å². The van der Waals surface area contributed by atoms with Crippen molar-refractivity contribution in [1.29, 1.82) is 0 Å². The van der Waals surface area contributed by atoms with Crippen molar-refractivity contribution in [2.24, 2.45) is 23.2 Å². The zero-order valence-corrected chi connectivity index (χ0v) is 9.35. The molecular formula is C12H24. The SMILES string of the molecule is CC1CCC(C(C)(C)C)C[C@@H]1C. The van der Waals surface area contributed by atoms with Crippen LogP contribution in [0, 0.1) is 23.2 Å². The summed E-state index contributed by atoms with van der Waals surface area (Å²) in [5.41, 5.74) is 0.536. The molecule has 12 heavy (non-hydrogen) atoms. The largest absolute Gasteiger partial charge is 0.0623 e. The quantitative estimate of drug-likeness (QED) is 0.511.